The van der Waals surface area contributed by atoms with Crippen LogP contribution in [0.15, 0.2) is 24.3 Å². The van der Waals surface area contributed by atoms with Crippen LogP contribution in [0.3, 0.4) is 0 Å². The van der Waals surface area contributed by atoms with Gasteiger partial charge in [-0.1, -0.05) is 19.1 Å². The minimum Gasteiger partial charge on any atom is -0.479 e. The van der Waals surface area contributed by atoms with E-state index < -0.39 is 0 Å². The zero-order chi connectivity index (χ0) is 14.9. The quantitative estimate of drug-likeness (QED) is 0.822. The molecule has 0 aromatic heterocycles. The van der Waals surface area contributed by atoms with Gasteiger partial charge in [-0.05, 0) is 24.2 Å². The molecule has 0 saturated carbocycles. The second-order valence-corrected chi connectivity index (χ2v) is 5.11. The fourth-order valence-corrected chi connectivity index (χ4v) is 2.43. The normalized spacial score (nSPS) is 19.1. The molecule has 0 aliphatic carbocycles. The van der Waals surface area contributed by atoms with E-state index in [0.29, 0.717) is 0 Å². The van der Waals surface area contributed by atoms with Crippen molar-refractivity contribution in [3.8, 4) is 11.8 Å². The van der Waals surface area contributed by atoms with Gasteiger partial charge in [0.2, 0.25) is 0 Å². The molecule has 5 heteroatoms. The number of benzene rings is 1. The average molecular weight is 289 g/mol. The number of hydrogen-bond acceptors (Lipinski definition) is 5. The third-order valence-corrected chi connectivity index (χ3v) is 3.57. The summed E-state index contributed by atoms with van der Waals surface area (Å²) in [6, 6.07) is 9.79. The summed E-state index contributed by atoms with van der Waals surface area (Å²) in [7, 11) is 0. The Morgan fingerprint density at radius 2 is 2.43 bits per heavy atom. The van der Waals surface area contributed by atoms with Gasteiger partial charge in [-0.2, -0.15) is 5.26 Å². The van der Waals surface area contributed by atoms with Gasteiger partial charge in [0.1, 0.15) is 11.8 Å². The largest absolute Gasteiger partial charge is 0.479 e. The van der Waals surface area contributed by atoms with E-state index in [1.165, 1.54) is 0 Å². The topological polar surface area (TPSA) is 57.5 Å². The minimum absolute atomic E-state index is 0.0830. The molecular formula is C16H23N3O2. The number of ether oxygens (including phenoxy) is 2. The van der Waals surface area contributed by atoms with Crippen LogP contribution < -0.4 is 10.1 Å². The van der Waals surface area contributed by atoms with Gasteiger partial charge in [-0.25, -0.2) is 0 Å². The first-order valence-electron chi connectivity index (χ1n) is 7.45. The van der Waals surface area contributed by atoms with E-state index in [9.17, 15) is 0 Å². The van der Waals surface area contributed by atoms with E-state index in [2.05, 4.69) is 17.1 Å². The van der Waals surface area contributed by atoms with Crippen LogP contribution in [0, 0.1) is 11.3 Å². The average Bonchev–Trinajstić information content (AvgIpc) is 2.53. The molecule has 1 atom stereocenters. The third-order valence-electron chi connectivity index (χ3n) is 3.57. The minimum atomic E-state index is 0.0830. The molecular weight excluding hydrogens is 266 g/mol. The van der Waals surface area contributed by atoms with E-state index in [1.54, 1.807) is 0 Å². The third kappa shape index (κ3) is 5.35. The number of rotatable bonds is 7. The molecule has 1 aliphatic rings. The Balaban J connectivity index is 1.74. The lowest BCUT2D eigenvalue weighted by Crippen LogP contribution is -2.46. The lowest BCUT2D eigenvalue weighted by Gasteiger charge is -2.32. The van der Waals surface area contributed by atoms with Crippen molar-refractivity contribution in [3.63, 3.8) is 0 Å². The van der Waals surface area contributed by atoms with Crippen LogP contribution in [0.5, 0.6) is 5.75 Å². The van der Waals surface area contributed by atoms with Crippen molar-refractivity contribution in [1.29, 1.82) is 5.26 Å². The van der Waals surface area contributed by atoms with Gasteiger partial charge in [-0.15, -0.1) is 0 Å². The van der Waals surface area contributed by atoms with Crippen molar-refractivity contribution in [1.82, 2.24) is 10.2 Å². The Kier molecular flexibility index (Phi) is 6.48. The highest BCUT2D eigenvalue weighted by Gasteiger charge is 2.18. The van der Waals surface area contributed by atoms with Crippen LogP contribution >= 0.6 is 0 Å². The highest BCUT2D eigenvalue weighted by Crippen LogP contribution is 2.13. The van der Waals surface area contributed by atoms with Gasteiger partial charge in [0.15, 0.2) is 6.61 Å². The molecule has 1 fully saturated rings. The molecule has 0 bridgehead atoms. The predicted octanol–water partition coefficient (Wildman–Crippen LogP) is 1.40. The Bertz CT molecular complexity index is 473. The van der Waals surface area contributed by atoms with Gasteiger partial charge in [-0.3, -0.25) is 4.90 Å². The molecule has 1 N–H and O–H groups in total. The van der Waals surface area contributed by atoms with Crippen LogP contribution in [0.25, 0.3) is 0 Å². The summed E-state index contributed by atoms with van der Waals surface area (Å²) >= 11 is 0. The molecule has 1 heterocycles. The van der Waals surface area contributed by atoms with Gasteiger partial charge >= 0.3 is 0 Å². The van der Waals surface area contributed by atoms with Gasteiger partial charge < -0.3 is 14.8 Å². The van der Waals surface area contributed by atoms with E-state index in [-0.39, 0.29) is 12.7 Å². The molecule has 0 radical (unpaired) electrons. The van der Waals surface area contributed by atoms with Gasteiger partial charge in [0.25, 0.3) is 0 Å². The van der Waals surface area contributed by atoms with E-state index in [0.717, 1.165) is 50.6 Å². The second-order valence-electron chi connectivity index (χ2n) is 5.11. The van der Waals surface area contributed by atoms with Gasteiger partial charge in [0.05, 0.1) is 12.7 Å². The zero-order valence-electron chi connectivity index (χ0n) is 12.5. The molecule has 1 unspecified atom stereocenters. The Labute approximate surface area is 126 Å². The first kappa shape index (κ1) is 15.8. The van der Waals surface area contributed by atoms with E-state index >= 15 is 0 Å². The molecule has 1 aliphatic heterocycles. The van der Waals surface area contributed by atoms with Crippen LogP contribution in [0.2, 0.25) is 0 Å². The smallest absolute Gasteiger partial charge is 0.174 e. The van der Waals surface area contributed by atoms with Gasteiger partial charge in [0, 0.05) is 26.2 Å². The first-order valence-corrected chi connectivity index (χ1v) is 7.45. The van der Waals surface area contributed by atoms with E-state index in [4.69, 9.17) is 14.7 Å². The summed E-state index contributed by atoms with van der Waals surface area (Å²) < 4.78 is 11.1. The molecule has 0 amide bonds. The first-order chi connectivity index (χ1) is 10.3. The van der Waals surface area contributed by atoms with Crippen LogP contribution in [0.1, 0.15) is 12.5 Å². The number of hydrogen-bond donors (Lipinski definition) is 1. The highest BCUT2D eigenvalue weighted by atomic mass is 16.5. The maximum Gasteiger partial charge on any atom is 0.174 e. The molecule has 1 aromatic carbocycles. The summed E-state index contributed by atoms with van der Waals surface area (Å²) in [6.45, 7) is 7.81. The Morgan fingerprint density at radius 1 is 1.52 bits per heavy atom. The summed E-state index contributed by atoms with van der Waals surface area (Å²) in [5.41, 5.74) is 1.15. The molecule has 1 saturated heterocycles. The molecule has 5 nitrogen and oxygen atoms in total. The number of nitrogens with zero attached hydrogens (tertiary/aromatic N) is 2. The maximum atomic E-state index is 8.52. The lowest BCUT2D eigenvalue weighted by atomic mass is 10.2. The SMILES string of the molecule is CCN1CCOC(CNCc2cccc(OCC#N)c2)C1. The monoisotopic (exact) mass is 289 g/mol. The van der Waals surface area contributed by atoms with Crippen molar-refractivity contribution in [2.75, 3.05) is 39.4 Å². The summed E-state index contributed by atoms with van der Waals surface area (Å²) in [4.78, 5) is 2.41. The molecule has 2 rings (SSSR count). The fraction of sp³-hybridized carbons (Fsp3) is 0.562. The zero-order valence-corrected chi connectivity index (χ0v) is 12.5. The number of nitrogens with one attached hydrogen (secondary N) is 1. The Morgan fingerprint density at radius 3 is 3.24 bits per heavy atom. The Hall–Kier alpha value is -1.61. The summed E-state index contributed by atoms with van der Waals surface area (Å²) in [5, 5.41) is 11.9. The summed E-state index contributed by atoms with van der Waals surface area (Å²) in [6.07, 6.45) is 0.261. The number of nitriles is 1. The predicted molar refractivity (Wildman–Crippen MR) is 81.1 cm³/mol. The van der Waals surface area contributed by atoms with Crippen molar-refractivity contribution in [2.45, 2.75) is 19.6 Å². The molecule has 0 spiro atoms. The molecule has 21 heavy (non-hydrogen) atoms. The molecule has 114 valence electrons. The van der Waals surface area contributed by atoms with Crippen molar-refractivity contribution in [2.24, 2.45) is 0 Å². The second kappa shape index (κ2) is 8.63. The van der Waals surface area contributed by atoms with E-state index in [1.807, 2.05) is 30.3 Å². The van der Waals surface area contributed by atoms with Crippen LogP contribution in [-0.2, 0) is 11.3 Å². The summed E-state index contributed by atoms with van der Waals surface area (Å²) in [5.74, 6) is 0.738. The van der Waals surface area contributed by atoms with Crippen molar-refractivity contribution >= 4 is 0 Å². The van der Waals surface area contributed by atoms with Crippen LogP contribution in [0.4, 0.5) is 0 Å². The lowest BCUT2D eigenvalue weighted by molar-refractivity contribution is -0.0253. The number of likely N-dealkylation sites (N-methyl/N-ethyl adjacent to an activating group) is 1. The maximum absolute atomic E-state index is 8.52. The standard InChI is InChI=1S/C16H23N3O2/c1-2-19-7-9-21-16(13-19)12-18-11-14-4-3-5-15(10-14)20-8-6-17/h3-5,10,16,18H,2,7-9,11-13H2,1H3. The van der Waals surface area contributed by atoms with Crippen molar-refractivity contribution in [3.05, 3.63) is 29.8 Å². The fourth-order valence-electron chi connectivity index (χ4n) is 2.43. The van der Waals surface area contributed by atoms with Crippen LogP contribution in [-0.4, -0.2) is 50.4 Å². The van der Waals surface area contributed by atoms with Crippen molar-refractivity contribution < 1.29 is 9.47 Å². The number of morpholine rings is 1. The highest BCUT2D eigenvalue weighted by molar-refractivity contribution is 5.28. The molecule has 1 aromatic rings.